The van der Waals surface area contributed by atoms with Gasteiger partial charge in [0.05, 0.1) is 29.0 Å². The maximum atomic E-state index is 11.9. The lowest BCUT2D eigenvalue weighted by Crippen LogP contribution is -2.27. The molecule has 6 heteroatoms. The van der Waals surface area contributed by atoms with Crippen molar-refractivity contribution >= 4 is 39.8 Å². The molecule has 32 heavy (non-hydrogen) atoms. The zero-order valence-corrected chi connectivity index (χ0v) is 19.1. The molecule has 1 heterocycles. The minimum absolute atomic E-state index is 0.0987. The Morgan fingerprint density at radius 1 is 1.19 bits per heavy atom. The van der Waals surface area contributed by atoms with Gasteiger partial charge in [-0.2, -0.15) is 5.10 Å². The fraction of sp³-hybridized carbons (Fsp3) is 0.462. The van der Waals surface area contributed by atoms with Crippen LogP contribution in [0.15, 0.2) is 42.6 Å². The molecule has 2 unspecified atom stereocenters. The monoisotopic (exact) mass is 449 g/mol. The molecule has 4 aliphatic carbocycles. The highest BCUT2D eigenvalue weighted by Crippen LogP contribution is 2.66. The third-order valence-electron chi connectivity index (χ3n) is 8.04. The van der Waals surface area contributed by atoms with Crippen LogP contribution < -0.4 is 5.32 Å². The minimum atomic E-state index is -0.288. The fourth-order valence-corrected chi connectivity index (χ4v) is 7.18. The number of anilines is 2. The van der Waals surface area contributed by atoms with Crippen LogP contribution in [0.1, 0.15) is 44.6 Å². The zero-order chi connectivity index (χ0) is 21.9. The van der Waals surface area contributed by atoms with E-state index in [1.807, 2.05) is 18.2 Å². The molecule has 4 fully saturated rings. The third-order valence-corrected chi connectivity index (χ3v) is 8.35. The first-order valence-electron chi connectivity index (χ1n) is 11.7. The van der Waals surface area contributed by atoms with Gasteiger partial charge >= 0.3 is 5.97 Å². The molecule has 5 nitrogen and oxygen atoms in total. The molecule has 2 atom stereocenters. The highest BCUT2D eigenvalue weighted by atomic mass is 35.5. The van der Waals surface area contributed by atoms with Gasteiger partial charge in [0, 0.05) is 11.1 Å². The number of carbonyl (C=O) groups excluding carboxylic acids is 1. The normalized spacial score (nSPS) is 27.9. The molecule has 7 rings (SSSR count). The summed E-state index contributed by atoms with van der Waals surface area (Å²) >= 11 is 6.78. The number of hydrogen-bond donors (Lipinski definition) is 1. The first-order valence-corrected chi connectivity index (χ1v) is 12.1. The lowest BCUT2D eigenvalue weighted by atomic mass is 9.71. The van der Waals surface area contributed by atoms with Crippen LogP contribution >= 0.6 is 11.6 Å². The van der Waals surface area contributed by atoms with E-state index in [1.165, 1.54) is 37.7 Å². The largest absolute Gasteiger partial charge is 0.465 e. The van der Waals surface area contributed by atoms with Crippen molar-refractivity contribution in [2.45, 2.75) is 51.0 Å². The summed E-state index contributed by atoms with van der Waals surface area (Å²) in [5.41, 5.74) is 4.50. The highest BCUT2D eigenvalue weighted by Gasteiger charge is 2.58. The molecule has 0 spiro atoms. The van der Waals surface area contributed by atoms with E-state index in [0.717, 1.165) is 45.1 Å². The zero-order valence-electron chi connectivity index (χ0n) is 18.3. The Bertz CT molecular complexity index is 1190. The number of carbonyl (C=O) groups is 1. The summed E-state index contributed by atoms with van der Waals surface area (Å²) in [4.78, 5) is 11.9. The van der Waals surface area contributed by atoms with Crippen molar-refractivity contribution in [3.8, 4) is 0 Å². The second-order valence-electron chi connectivity index (χ2n) is 9.90. The second kappa shape index (κ2) is 7.51. The Hall–Kier alpha value is -2.53. The molecular weight excluding hydrogens is 422 g/mol. The standard InChI is InChI=1S/C26H28ClN3O2/c1-2-32-25(31)15-30-24-11-21(5-3-18(24)14-28-30)29-23-6-4-19(10-22(23)27)26-12-16-7-17(13-26)9-20(26)8-16/h3-6,10-11,14,16-17,20,29H,2,7-9,12-13,15H2,1H3. The number of esters is 1. The Kier molecular flexibility index (Phi) is 4.72. The van der Waals surface area contributed by atoms with Crippen molar-refractivity contribution in [2.24, 2.45) is 17.8 Å². The van der Waals surface area contributed by atoms with Crippen LogP contribution in [-0.4, -0.2) is 22.4 Å². The van der Waals surface area contributed by atoms with Crippen molar-refractivity contribution in [1.82, 2.24) is 9.78 Å². The fourth-order valence-electron chi connectivity index (χ4n) is 6.95. The number of rotatable bonds is 6. The van der Waals surface area contributed by atoms with E-state index in [9.17, 15) is 4.79 Å². The number of ether oxygens (including phenoxy) is 1. The van der Waals surface area contributed by atoms with Crippen LogP contribution in [0.5, 0.6) is 0 Å². The molecular formula is C26H28ClN3O2. The minimum Gasteiger partial charge on any atom is -0.465 e. The summed E-state index contributed by atoms with van der Waals surface area (Å²) < 4.78 is 6.74. The molecule has 0 saturated heterocycles. The van der Waals surface area contributed by atoms with Crippen molar-refractivity contribution < 1.29 is 9.53 Å². The van der Waals surface area contributed by atoms with Crippen molar-refractivity contribution in [2.75, 3.05) is 11.9 Å². The van der Waals surface area contributed by atoms with E-state index in [-0.39, 0.29) is 12.5 Å². The van der Waals surface area contributed by atoms with Crippen LogP contribution in [0.4, 0.5) is 11.4 Å². The summed E-state index contributed by atoms with van der Waals surface area (Å²) in [5, 5.41) is 9.55. The van der Waals surface area contributed by atoms with Crippen LogP contribution in [0.25, 0.3) is 10.9 Å². The van der Waals surface area contributed by atoms with Gasteiger partial charge in [-0.15, -0.1) is 0 Å². The number of aromatic nitrogens is 2. The van der Waals surface area contributed by atoms with Gasteiger partial charge in [0.15, 0.2) is 0 Å². The van der Waals surface area contributed by atoms with Crippen molar-refractivity contribution in [3.05, 3.63) is 53.2 Å². The Labute approximate surface area is 193 Å². The number of fused-ring (bicyclic) bond motifs is 1. The third kappa shape index (κ3) is 3.21. The second-order valence-corrected chi connectivity index (χ2v) is 10.3. The number of halogens is 1. The van der Waals surface area contributed by atoms with Gasteiger partial charge in [0.25, 0.3) is 0 Å². The summed E-state index contributed by atoms with van der Waals surface area (Å²) in [6, 6.07) is 12.6. The van der Waals surface area contributed by atoms with E-state index < -0.39 is 0 Å². The van der Waals surface area contributed by atoms with E-state index in [1.54, 1.807) is 17.8 Å². The molecule has 2 aromatic carbocycles. The molecule has 1 N–H and O–H groups in total. The first kappa shape index (κ1) is 20.1. The van der Waals surface area contributed by atoms with E-state index in [4.69, 9.17) is 16.3 Å². The Morgan fingerprint density at radius 2 is 2.00 bits per heavy atom. The molecule has 166 valence electrons. The highest BCUT2D eigenvalue weighted by molar-refractivity contribution is 6.33. The smallest absolute Gasteiger partial charge is 0.327 e. The van der Waals surface area contributed by atoms with Crippen molar-refractivity contribution in [1.29, 1.82) is 0 Å². The van der Waals surface area contributed by atoms with Gasteiger partial charge < -0.3 is 10.1 Å². The predicted octanol–water partition coefficient (Wildman–Crippen LogP) is 6.07. The summed E-state index contributed by atoms with van der Waals surface area (Å²) in [6.45, 7) is 2.27. The van der Waals surface area contributed by atoms with Crippen molar-refractivity contribution in [3.63, 3.8) is 0 Å². The quantitative estimate of drug-likeness (QED) is 0.464. The summed E-state index contributed by atoms with van der Waals surface area (Å²) in [7, 11) is 0. The van der Waals surface area contributed by atoms with E-state index in [0.29, 0.717) is 12.0 Å². The lowest BCUT2D eigenvalue weighted by molar-refractivity contribution is -0.143. The molecule has 3 aromatic rings. The van der Waals surface area contributed by atoms with Gasteiger partial charge in [-0.25, -0.2) is 0 Å². The van der Waals surface area contributed by atoms with E-state index >= 15 is 0 Å². The SMILES string of the molecule is CCOC(=O)Cn1ncc2ccc(Nc3ccc(C45CC6CC(CC4C6)C5)cc3Cl)cc21. The maximum Gasteiger partial charge on any atom is 0.327 e. The predicted molar refractivity (Wildman–Crippen MR) is 126 cm³/mol. The van der Waals surface area contributed by atoms with Crippen LogP contribution in [0, 0.1) is 17.8 Å². The van der Waals surface area contributed by atoms with Gasteiger partial charge in [-0.3, -0.25) is 9.48 Å². The summed E-state index contributed by atoms with van der Waals surface area (Å²) in [5.74, 6) is 2.41. The molecule has 0 radical (unpaired) electrons. The maximum absolute atomic E-state index is 11.9. The number of benzene rings is 2. The average molecular weight is 450 g/mol. The van der Waals surface area contributed by atoms with Gasteiger partial charge in [-0.05, 0) is 98.1 Å². The topological polar surface area (TPSA) is 56.2 Å². The van der Waals surface area contributed by atoms with Gasteiger partial charge in [0.1, 0.15) is 6.54 Å². The lowest BCUT2D eigenvalue weighted by Gasteiger charge is -2.34. The van der Waals surface area contributed by atoms with Crippen LogP contribution in [0.2, 0.25) is 5.02 Å². The first-order chi connectivity index (χ1) is 15.5. The van der Waals surface area contributed by atoms with Gasteiger partial charge in [-0.1, -0.05) is 17.7 Å². The van der Waals surface area contributed by atoms with Gasteiger partial charge in [0.2, 0.25) is 0 Å². The van der Waals surface area contributed by atoms with Crippen LogP contribution in [0.3, 0.4) is 0 Å². The summed E-state index contributed by atoms with van der Waals surface area (Å²) in [6.07, 6.45) is 8.72. The molecule has 0 amide bonds. The number of nitrogens with zero attached hydrogens (tertiary/aromatic N) is 2. The molecule has 1 aromatic heterocycles. The number of hydrogen-bond acceptors (Lipinski definition) is 4. The molecule has 4 saturated carbocycles. The Morgan fingerprint density at radius 3 is 2.75 bits per heavy atom. The molecule has 0 aliphatic heterocycles. The molecule has 4 aliphatic rings. The average Bonchev–Trinajstić information content (AvgIpc) is 3.36. The molecule has 4 bridgehead atoms. The van der Waals surface area contributed by atoms with Crippen LogP contribution in [-0.2, 0) is 21.5 Å². The number of nitrogens with one attached hydrogen (secondary N) is 1. The Balaban J connectivity index is 1.25. The van der Waals surface area contributed by atoms with E-state index in [2.05, 4.69) is 28.6 Å².